The molecule has 0 aliphatic heterocycles. The number of amides is 2. The van der Waals surface area contributed by atoms with E-state index in [0.717, 1.165) is 41.9 Å². The van der Waals surface area contributed by atoms with Gasteiger partial charge in [-0.05, 0) is 39.2 Å². The number of nitrogens with one attached hydrogen (secondary N) is 1. The van der Waals surface area contributed by atoms with Gasteiger partial charge in [-0.15, -0.1) is 0 Å². The molecule has 0 bridgehead atoms. The molecule has 7 heteroatoms. The van der Waals surface area contributed by atoms with Crippen molar-refractivity contribution in [2.24, 2.45) is 14.1 Å². The maximum absolute atomic E-state index is 13.0. The first-order valence-electron chi connectivity index (χ1n) is 8.96. The first-order valence-corrected chi connectivity index (χ1v) is 8.96. The van der Waals surface area contributed by atoms with Gasteiger partial charge in [0, 0.05) is 37.6 Å². The maximum Gasteiger partial charge on any atom is 0.318 e. The molecule has 2 amide bonds. The number of urea groups is 1. The molecule has 1 saturated carbocycles. The SMILES string of the molecule is CC[C@H](NC(=O)N(Cc1c(C)nn(C)c1C)C1CC1)c1ccnn1C. The van der Waals surface area contributed by atoms with Crippen molar-refractivity contribution in [2.45, 2.75) is 58.7 Å². The molecular weight excluding hydrogens is 316 g/mol. The zero-order valence-electron chi connectivity index (χ0n) is 15.8. The highest BCUT2D eigenvalue weighted by atomic mass is 16.2. The van der Waals surface area contributed by atoms with E-state index in [0.29, 0.717) is 12.6 Å². The van der Waals surface area contributed by atoms with Crippen LogP contribution in [0.4, 0.5) is 4.79 Å². The van der Waals surface area contributed by atoms with Crippen LogP contribution in [0, 0.1) is 13.8 Å². The van der Waals surface area contributed by atoms with Gasteiger partial charge in [-0.25, -0.2) is 4.79 Å². The minimum absolute atomic E-state index is 0.00166. The molecule has 0 spiro atoms. The largest absolute Gasteiger partial charge is 0.330 e. The number of hydrogen-bond acceptors (Lipinski definition) is 3. The Balaban J connectivity index is 1.76. The standard InChI is InChI=1S/C18H28N6O/c1-6-16(17-9-10-19-23(17)5)20-18(25)24(14-7-8-14)11-15-12(2)21-22(4)13(15)3/h9-10,14,16H,6-8,11H2,1-5H3,(H,20,25)/t16-/m0/s1. The van der Waals surface area contributed by atoms with Gasteiger partial charge in [0.05, 0.1) is 24.0 Å². The van der Waals surface area contributed by atoms with Crippen LogP contribution in [0.15, 0.2) is 12.3 Å². The zero-order chi connectivity index (χ0) is 18.1. The first kappa shape index (κ1) is 17.5. The predicted molar refractivity (Wildman–Crippen MR) is 96.0 cm³/mol. The summed E-state index contributed by atoms with van der Waals surface area (Å²) in [5, 5.41) is 11.9. The van der Waals surface area contributed by atoms with Crippen LogP contribution in [-0.4, -0.2) is 36.5 Å². The van der Waals surface area contributed by atoms with Gasteiger partial charge < -0.3 is 10.2 Å². The molecule has 7 nitrogen and oxygen atoms in total. The molecule has 0 unspecified atom stereocenters. The molecule has 0 radical (unpaired) electrons. The molecular formula is C18H28N6O. The van der Waals surface area contributed by atoms with E-state index in [1.165, 1.54) is 0 Å². The van der Waals surface area contributed by atoms with E-state index in [1.807, 2.05) is 41.3 Å². The molecule has 1 aliphatic carbocycles. The Bertz CT molecular complexity index is 758. The summed E-state index contributed by atoms with van der Waals surface area (Å²) in [6.45, 7) is 6.76. The predicted octanol–water partition coefficient (Wildman–Crippen LogP) is 2.60. The molecule has 1 fully saturated rings. The number of carbonyl (C=O) groups is 1. The third-order valence-corrected chi connectivity index (χ3v) is 5.16. The normalized spacial score (nSPS) is 15.2. The van der Waals surface area contributed by atoms with E-state index in [2.05, 4.69) is 29.4 Å². The highest BCUT2D eigenvalue weighted by Gasteiger charge is 2.34. The third kappa shape index (κ3) is 3.55. The van der Waals surface area contributed by atoms with E-state index < -0.39 is 0 Å². The summed E-state index contributed by atoms with van der Waals surface area (Å²) in [5.41, 5.74) is 4.30. The number of aryl methyl sites for hydroxylation is 3. The van der Waals surface area contributed by atoms with Crippen LogP contribution in [0.2, 0.25) is 0 Å². The Hall–Kier alpha value is -2.31. The van der Waals surface area contributed by atoms with Gasteiger partial charge >= 0.3 is 6.03 Å². The fraction of sp³-hybridized carbons (Fsp3) is 0.611. The van der Waals surface area contributed by atoms with Crippen LogP contribution in [-0.2, 0) is 20.6 Å². The number of aromatic nitrogens is 4. The van der Waals surface area contributed by atoms with E-state index in [1.54, 1.807) is 6.20 Å². The van der Waals surface area contributed by atoms with Gasteiger partial charge in [0.1, 0.15) is 0 Å². The Labute approximate surface area is 149 Å². The summed E-state index contributed by atoms with van der Waals surface area (Å²) in [7, 11) is 3.86. The van der Waals surface area contributed by atoms with Gasteiger partial charge in [-0.1, -0.05) is 6.92 Å². The molecule has 2 aromatic heterocycles. The molecule has 136 valence electrons. The van der Waals surface area contributed by atoms with Crippen molar-refractivity contribution in [2.75, 3.05) is 0 Å². The van der Waals surface area contributed by atoms with Crippen LogP contribution in [0.3, 0.4) is 0 Å². The van der Waals surface area contributed by atoms with Gasteiger partial charge in [0.15, 0.2) is 0 Å². The first-order chi connectivity index (χ1) is 11.9. The Morgan fingerprint density at radius 3 is 2.56 bits per heavy atom. The lowest BCUT2D eigenvalue weighted by Gasteiger charge is -2.26. The van der Waals surface area contributed by atoms with E-state index >= 15 is 0 Å². The molecule has 2 aromatic rings. The molecule has 1 N–H and O–H groups in total. The minimum atomic E-state index is -0.0302. The van der Waals surface area contributed by atoms with Crippen LogP contribution >= 0.6 is 0 Å². The topological polar surface area (TPSA) is 68.0 Å². The molecule has 2 heterocycles. The van der Waals surface area contributed by atoms with Gasteiger partial charge in [-0.2, -0.15) is 10.2 Å². The summed E-state index contributed by atoms with van der Waals surface area (Å²) in [6, 6.07) is 2.27. The second kappa shape index (κ2) is 6.90. The summed E-state index contributed by atoms with van der Waals surface area (Å²) in [6.07, 6.45) is 4.75. The highest BCUT2D eigenvalue weighted by molar-refractivity contribution is 5.75. The molecule has 1 aliphatic rings. The second-order valence-electron chi connectivity index (χ2n) is 6.92. The molecule has 0 aromatic carbocycles. The number of carbonyl (C=O) groups excluding carboxylic acids is 1. The van der Waals surface area contributed by atoms with E-state index in [9.17, 15) is 4.79 Å². The van der Waals surface area contributed by atoms with Crippen LogP contribution < -0.4 is 5.32 Å². The van der Waals surface area contributed by atoms with Gasteiger partial charge in [0.2, 0.25) is 0 Å². The average molecular weight is 344 g/mol. The van der Waals surface area contributed by atoms with E-state index in [-0.39, 0.29) is 12.1 Å². The second-order valence-corrected chi connectivity index (χ2v) is 6.92. The lowest BCUT2D eigenvalue weighted by atomic mass is 10.1. The summed E-state index contributed by atoms with van der Waals surface area (Å²) in [5.74, 6) is 0. The lowest BCUT2D eigenvalue weighted by molar-refractivity contribution is 0.186. The fourth-order valence-electron chi connectivity index (χ4n) is 3.31. The van der Waals surface area contributed by atoms with Crippen molar-refractivity contribution in [3.8, 4) is 0 Å². The molecule has 0 saturated heterocycles. The maximum atomic E-state index is 13.0. The van der Waals surface area contributed by atoms with Crippen molar-refractivity contribution in [1.29, 1.82) is 0 Å². The number of rotatable bonds is 6. The summed E-state index contributed by atoms with van der Waals surface area (Å²) >= 11 is 0. The highest BCUT2D eigenvalue weighted by Crippen LogP contribution is 2.30. The zero-order valence-corrected chi connectivity index (χ0v) is 15.8. The van der Waals surface area contributed by atoms with Crippen molar-refractivity contribution < 1.29 is 4.79 Å². The van der Waals surface area contributed by atoms with Crippen molar-refractivity contribution in [3.63, 3.8) is 0 Å². The third-order valence-electron chi connectivity index (χ3n) is 5.16. The molecule has 1 atom stereocenters. The van der Waals surface area contributed by atoms with Gasteiger partial charge in [-0.3, -0.25) is 9.36 Å². The van der Waals surface area contributed by atoms with Crippen LogP contribution in [0.5, 0.6) is 0 Å². The quantitative estimate of drug-likeness (QED) is 0.876. The Morgan fingerprint density at radius 2 is 2.08 bits per heavy atom. The number of hydrogen-bond donors (Lipinski definition) is 1. The Morgan fingerprint density at radius 1 is 1.36 bits per heavy atom. The minimum Gasteiger partial charge on any atom is -0.330 e. The van der Waals surface area contributed by atoms with Crippen LogP contribution in [0.1, 0.15) is 54.9 Å². The fourth-order valence-corrected chi connectivity index (χ4v) is 3.31. The monoisotopic (exact) mass is 344 g/mol. The Kier molecular flexibility index (Phi) is 4.83. The van der Waals surface area contributed by atoms with Crippen molar-refractivity contribution in [3.05, 3.63) is 34.9 Å². The smallest absolute Gasteiger partial charge is 0.318 e. The lowest BCUT2D eigenvalue weighted by Crippen LogP contribution is -2.43. The summed E-state index contributed by atoms with van der Waals surface area (Å²) in [4.78, 5) is 15.0. The molecule has 3 rings (SSSR count). The molecule has 25 heavy (non-hydrogen) atoms. The van der Waals surface area contributed by atoms with E-state index in [4.69, 9.17) is 0 Å². The van der Waals surface area contributed by atoms with Crippen LogP contribution in [0.25, 0.3) is 0 Å². The van der Waals surface area contributed by atoms with Crippen molar-refractivity contribution in [1.82, 2.24) is 29.8 Å². The average Bonchev–Trinajstić information content (AvgIpc) is 3.28. The number of nitrogens with zero attached hydrogens (tertiary/aromatic N) is 5. The van der Waals surface area contributed by atoms with Gasteiger partial charge in [0.25, 0.3) is 0 Å². The summed E-state index contributed by atoms with van der Waals surface area (Å²) < 4.78 is 3.71. The van der Waals surface area contributed by atoms with Crippen molar-refractivity contribution >= 4 is 6.03 Å².